The monoisotopic (exact) mass is 237 g/mol. The highest BCUT2D eigenvalue weighted by Gasteiger charge is 2.23. The number of fused-ring (bicyclic) bond motifs is 1. The molecular formula is C11H15N3O3. The fraction of sp³-hybridized carbons (Fsp3) is 0.545. The lowest BCUT2D eigenvalue weighted by atomic mass is 10.1. The Bertz CT molecular complexity index is 434. The molecule has 2 heterocycles. The first kappa shape index (κ1) is 11.8. The first-order valence-electron chi connectivity index (χ1n) is 5.58. The molecular weight excluding hydrogens is 222 g/mol. The van der Waals surface area contributed by atoms with Gasteiger partial charge >= 0.3 is 12.0 Å². The molecule has 0 bridgehead atoms. The number of rotatable bonds is 3. The Morgan fingerprint density at radius 1 is 1.47 bits per heavy atom. The van der Waals surface area contributed by atoms with E-state index in [1.54, 1.807) is 6.92 Å². The zero-order valence-corrected chi connectivity index (χ0v) is 9.95. The van der Waals surface area contributed by atoms with Gasteiger partial charge in [0.25, 0.3) is 0 Å². The van der Waals surface area contributed by atoms with E-state index < -0.39 is 5.97 Å². The van der Waals surface area contributed by atoms with Crippen molar-refractivity contribution in [2.45, 2.75) is 19.9 Å². The first-order valence-corrected chi connectivity index (χ1v) is 5.58. The van der Waals surface area contributed by atoms with Gasteiger partial charge in [-0.15, -0.1) is 0 Å². The average molecular weight is 237 g/mol. The predicted molar refractivity (Wildman–Crippen MR) is 60.0 cm³/mol. The van der Waals surface area contributed by atoms with Gasteiger partial charge in [-0.25, -0.2) is 4.79 Å². The van der Waals surface area contributed by atoms with Gasteiger partial charge in [0, 0.05) is 25.1 Å². The van der Waals surface area contributed by atoms with Gasteiger partial charge in [-0.3, -0.25) is 0 Å². The van der Waals surface area contributed by atoms with Crippen molar-refractivity contribution in [2.24, 2.45) is 0 Å². The summed E-state index contributed by atoms with van der Waals surface area (Å²) < 4.78 is 9.98. The number of aromatic nitrogens is 2. The molecule has 0 radical (unpaired) electrons. The summed E-state index contributed by atoms with van der Waals surface area (Å²) in [5, 5.41) is 3.19. The lowest BCUT2D eigenvalue weighted by Crippen LogP contribution is -2.28. The third-order valence-electron chi connectivity index (χ3n) is 2.56. The fourth-order valence-electron chi connectivity index (χ4n) is 1.78. The third kappa shape index (κ3) is 2.36. The van der Waals surface area contributed by atoms with Crippen LogP contribution in [0, 0.1) is 0 Å². The van der Waals surface area contributed by atoms with Crippen LogP contribution in [0.25, 0.3) is 0 Å². The third-order valence-corrected chi connectivity index (χ3v) is 2.56. The minimum atomic E-state index is -0.423. The van der Waals surface area contributed by atoms with Gasteiger partial charge in [-0.2, -0.15) is 9.97 Å². The van der Waals surface area contributed by atoms with Gasteiger partial charge in [0.2, 0.25) is 0 Å². The van der Waals surface area contributed by atoms with Crippen molar-refractivity contribution < 1.29 is 14.3 Å². The van der Waals surface area contributed by atoms with E-state index in [0.717, 1.165) is 24.2 Å². The number of carbonyl (C=O) groups excluding carboxylic acids is 1. The van der Waals surface area contributed by atoms with Gasteiger partial charge in [0.15, 0.2) is 5.69 Å². The minimum absolute atomic E-state index is 0.216. The number of methoxy groups -OCH3 is 1. The SMILES string of the molecule is CCOC(=O)c1nc(OC)nc2c1CNCC2. The summed E-state index contributed by atoms with van der Waals surface area (Å²) in [5.74, 6) is -0.423. The van der Waals surface area contributed by atoms with Gasteiger partial charge in [-0.05, 0) is 6.92 Å². The Morgan fingerprint density at radius 3 is 3.00 bits per heavy atom. The quantitative estimate of drug-likeness (QED) is 0.763. The van der Waals surface area contributed by atoms with Crippen molar-refractivity contribution in [3.05, 3.63) is 17.0 Å². The molecule has 0 spiro atoms. The number of nitrogens with one attached hydrogen (secondary N) is 1. The number of nitrogens with zero attached hydrogens (tertiary/aromatic N) is 2. The smallest absolute Gasteiger partial charge is 0.357 e. The molecule has 1 aliphatic heterocycles. The summed E-state index contributed by atoms with van der Waals surface area (Å²) in [7, 11) is 1.48. The Morgan fingerprint density at radius 2 is 2.29 bits per heavy atom. The number of hydrogen-bond donors (Lipinski definition) is 1. The Kier molecular flexibility index (Phi) is 3.53. The number of esters is 1. The van der Waals surface area contributed by atoms with Crippen molar-refractivity contribution in [3.63, 3.8) is 0 Å². The van der Waals surface area contributed by atoms with Crippen molar-refractivity contribution in [1.29, 1.82) is 0 Å². The van der Waals surface area contributed by atoms with Gasteiger partial charge in [0.1, 0.15) is 0 Å². The molecule has 0 aliphatic carbocycles. The van der Waals surface area contributed by atoms with Crippen LogP contribution in [-0.4, -0.2) is 36.2 Å². The largest absolute Gasteiger partial charge is 0.467 e. The molecule has 1 aromatic rings. The van der Waals surface area contributed by atoms with Crippen LogP contribution >= 0.6 is 0 Å². The highest BCUT2D eigenvalue weighted by molar-refractivity contribution is 5.89. The molecule has 2 rings (SSSR count). The summed E-state index contributed by atoms with van der Waals surface area (Å²) in [6, 6.07) is 0.216. The molecule has 1 aromatic heterocycles. The van der Waals surface area contributed by atoms with Crippen LogP contribution in [0.4, 0.5) is 0 Å². The molecule has 0 fully saturated rings. The lowest BCUT2D eigenvalue weighted by molar-refractivity contribution is 0.0516. The summed E-state index contributed by atoms with van der Waals surface area (Å²) in [5.41, 5.74) is 1.98. The van der Waals surface area contributed by atoms with Crippen molar-refractivity contribution in [1.82, 2.24) is 15.3 Å². The van der Waals surface area contributed by atoms with Crippen LogP contribution in [0.1, 0.15) is 28.7 Å². The van der Waals surface area contributed by atoms with Crippen LogP contribution in [0.5, 0.6) is 6.01 Å². The highest BCUT2D eigenvalue weighted by Crippen LogP contribution is 2.19. The minimum Gasteiger partial charge on any atom is -0.467 e. The van der Waals surface area contributed by atoms with E-state index in [4.69, 9.17) is 9.47 Å². The predicted octanol–water partition coefficient (Wildman–Crippen LogP) is 0.308. The summed E-state index contributed by atoms with van der Waals surface area (Å²) in [6.07, 6.45) is 0.765. The van der Waals surface area contributed by atoms with E-state index >= 15 is 0 Å². The molecule has 0 amide bonds. The Labute approximate surface area is 99.4 Å². The van der Waals surface area contributed by atoms with E-state index in [9.17, 15) is 4.79 Å². The van der Waals surface area contributed by atoms with Gasteiger partial charge in [-0.1, -0.05) is 0 Å². The fourth-order valence-corrected chi connectivity index (χ4v) is 1.78. The van der Waals surface area contributed by atoms with E-state index in [2.05, 4.69) is 15.3 Å². The Balaban J connectivity index is 2.44. The highest BCUT2D eigenvalue weighted by atomic mass is 16.5. The zero-order valence-electron chi connectivity index (χ0n) is 9.95. The topological polar surface area (TPSA) is 73.3 Å². The molecule has 92 valence electrons. The number of carbonyl (C=O) groups is 1. The molecule has 17 heavy (non-hydrogen) atoms. The maximum absolute atomic E-state index is 11.8. The van der Waals surface area contributed by atoms with Crippen molar-refractivity contribution in [2.75, 3.05) is 20.3 Å². The molecule has 0 saturated carbocycles. The molecule has 0 saturated heterocycles. The van der Waals surface area contributed by atoms with Crippen LogP contribution < -0.4 is 10.1 Å². The molecule has 1 aliphatic rings. The van der Waals surface area contributed by atoms with Crippen LogP contribution in [0.2, 0.25) is 0 Å². The van der Waals surface area contributed by atoms with Crippen molar-refractivity contribution >= 4 is 5.97 Å². The summed E-state index contributed by atoms with van der Waals surface area (Å²) in [6.45, 7) is 3.53. The average Bonchev–Trinajstić information content (AvgIpc) is 2.37. The second-order valence-electron chi connectivity index (χ2n) is 3.63. The molecule has 0 aromatic carbocycles. The summed E-state index contributed by atoms with van der Waals surface area (Å²) >= 11 is 0. The standard InChI is InChI=1S/C11H15N3O3/c1-3-17-10(15)9-7-6-12-5-4-8(7)13-11(14-9)16-2/h12H,3-6H2,1-2H3. The number of hydrogen-bond acceptors (Lipinski definition) is 6. The second kappa shape index (κ2) is 5.09. The van der Waals surface area contributed by atoms with E-state index in [-0.39, 0.29) is 6.01 Å². The molecule has 0 unspecified atom stereocenters. The van der Waals surface area contributed by atoms with Crippen LogP contribution in [-0.2, 0) is 17.7 Å². The molecule has 6 heteroatoms. The van der Waals surface area contributed by atoms with E-state index in [1.165, 1.54) is 7.11 Å². The first-order chi connectivity index (χ1) is 8.26. The molecule has 1 N–H and O–H groups in total. The van der Waals surface area contributed by atoms with E-state index in [1.807, 2.05) is 0 Å². The second-order valence-corrected chi connectivity index (χ2v) is 3.63. The Hall–Kier alpha value is -1.69. The summed E-state index contributed by atoms with van der Waals surface area (Å²) in [4.78, 5) is 20.1. The maximum Gasteiger partial charge on any atom is 0.357 e. The maximum atomic E-state index is 11.8. The molecule has 0 atom stereocenters. The van der Waals surface area contributed by atoms with Gasteiger partial charge in [0.05, 0.1) is 19.4 Å². The number of ether oxygens (including phenoxy) is 2. The van der Waals surface area contributed by atoms with Crippen LogP contribution in [0.3, 0.4) is 0 Å². The van der Waals surface area contributed by atoms with Crippen LogP contribution in [0.15, 0.2) is 0 Å². The molecule has 6 nitrogen and oxygen atoms in total. The van der Waals surface area contributed by atoms with E-state index in [0.29, 0.717) is 18.8 Å². The van der Waals surface area contributed by atoms with Gasteiger partial charge < -0.3 is 14.8 Å². The lowest BCUT2D eigenvalue weighted by Gasteiger charge is -2.18. The normalized spacial score (nSPS) is 14.0. The zero-order chi connectivity index (χ0) is 12.3. The van der Waals surface area contributed by atoms with Crippen molar-refractivity contribution in [3.8, 4) is 6.01 Å².